The largest absolute Gasteiger partial charge is 0.478 e. The molecule has 1 aromatic rings. The Morgan fingerprint density at radius 2 is 1.95 bits per heavy atom. The first-order valence-electron chi connectivity index (χ1n) is 6.64. The van der Waals surface area contributed by atoms with Crippen LogP contribution in [-0.2, 0) is 15.6 Å². The smallest absolute Gasteiger partial charge is 0.336 e. The molecule has 1 aliphatic heterocycles. The lowest BCUT2D eigenvalue weighted by molar-refractivity contribution is -0.129. The zero-order valence-electron chi connectivity index (χ0n) is 11.5. The molecule has 1 saturated heterocycles. The number of carboxylic acid groups (broad SMARTS) is 1. The Morgan fingerprint density at radius 1 is 1.33 bits per heavy atom. The van der Waals surface area contributed by atoms with Crippen LogP contribution < -0.4 is 0 Å². The van der Waals surface area contributed by atoms with Crippen LogP contribution in [0.5, 0.6) is 0 Å². The van der Waals surface area contributed by atoms with Gasteiger partial charge in [0.05, 0.1) is 21.3 Å². The third-order valence-corrected chi connectivity index (χ3v) is 5.59. The summed E-state index contributed by atoms with van der Waals surface area (Å²) < 4.78 is 13.2. The maximum atomic E-state index is 12.6. The van der Waals surface area contributed by atoms with Gasteiger partial charge in [0.1, 0.15) is 5.25 Å². The second-order valence-electron chi connectivity index (χ2n) is 4.92. The molecule has 5 nitrogen and oxygen atoms in total. The van der Waals surface area contributed by atoms with Crippen molar-refractivity contribution >= 4 is 38.6 Å². The number of carbonyl (C=O) groups is 2. The average Bonchev–Trinajstić information content (AvgIpc) is 2.98. The van der Waals surface area contributed by atoms with E-state index in [9.17, 15) is 18.9 Å². The van der Waals surface area contributed by atoms with E-state index in [0.717, 1.165) is 12.8 Å². The van der Waals surface area contributed by atoms with Crippen molar-refractivity contribution in [3.8, 4) is 0 Å². The van der Waals surface area contributed by atoms with Crippen molar-refractivity contribution in [2.45, 2.75) is 29.9 Å². The Morgan fingerprint density at radius 3 is 2.52 bits per heavy atom. The van der Waals surface area contributed by atoms with Gasteiger partial charge >= 0.3 is 5.97 Å². The number of aromatic carboxylic acids is 1. The second-order valence-corrected chi connectivity index (χ2v) is 7.58. The van der Waals surface area contributed by atoms with E-state index >= 15 is 0 Å². The minimum atomic E-state index is -1.70. The summed E-state index contributed by atoms with van der Waals surface area (Å²) in [6.07, 6.45) is 1.92. The predicted molar refractivity (Wildman–Crippen MR) is 82.8 cm³/mol. The van der Waals surface area contributed by atoms with E-state index in [-0.39, 0.29) is 16.4 Å². The van der Waals surface area contributed by atoms with E-state index in [1.54, 1.807) is 17.9 Å². The summed E-state index contributed by atoms with van der Waals surface area (Å²) in [5.41, 5.74) is -0.0300. The molecule has 1 fully saturated rings. The van der Waals surface area contributed by atoms with Gasteiger partial charge in [0, 0.05) is 17.6 Å². The van der Waals surface area contributed by atoms with Gasteiger partial charge in [-0.2, -0.15) is 0 Å². The van der Waals surface area contributed by atoms with E-state index in [1.807, 2.05) is 0 Å². The first-order chi connectivity index (χ1) is 9.91. The fourth-order valence-electron chi connectivity index (χ4n) is 2.32. The van der Waals surface area contributed by atoms with Gasteiger partial charge in [-0.1, -0.05) is 15.9 Å². The molecule has 2 atom stereocenters. The molecule has 0 radical (unpaired) electrons. The third kappa shape index (κ3) is 3.52. The van der Waals surface area contributed by atoms with Crippen molar-refractivity contribution in [1.29, 1.82) is 0 Å². The Labute approximate surface area is 133 Å². The van der Waals surface area contributed by atoms with Crippen LogP contribution in [0.4, 0.5) is 0 Å². The number of nitrogens with zero attached hydrogens (tertiary/aromatic N) is 1. The highest BCUT2D eigenvalue weighted by Gasteiger charge is 2.30. The summed E-state index contributed by atoms with van der Waals surface area (Å²) in [6, 6.07) is 4.48. The fraction of sp³-hybridized carbons (Fsp3) is 0.429. The summed E-state index contributed by atoms with van der Waals surface area (Å²) >= 11 is 3.24. The van der Waals surface area contributed by atoms with Gasteiger partial charge < -0.3 is 10.0 Å². The average molecular weight is 374 g/mol. The van der Waals surface area contributed by atoms with Crippen molar-refractivity contribution in [1.82, 2.24) is 4.90 Å². The maximum absolute atomic E-state index is 12.6. The van der Waals surface area contributed by atoms with E-state index < -0.39 is 22.0 Å². The molecule has 1 amide bonds. The normalized spacial score (nSPS) is 17.5. The van der Waals surface area contributed by atoms with Gasteiger partial charge in [0.25, 0.3) is 0 Å². The highest BCUT2D eigenvalue weighted by Crippen LogP contribution is 2.23. The first kappa shape index (κ1) is 16.2. The van der Waals surface area contributed by atoms with Crippen molar-refractivity contribution < 1.29 is 18.9 Å². The minimum Gasteiger partial charge on any atom is -0.478 e. The van der Waals surface area contributed by atoms with E-state index in [4.69, 9.17) is 0 Å². The Balaban J connectivity index is 2.28. The molecule has 1 N–H and O–H groups in total. The molecular formula is C14H16BrNO4S. The van der Waals surface area contributed by atoms with Crippen LogP contribution >= 0.6 is 15.9 Å². The van der Waals surface area contributed by atoms with Crippen LogP contribution in [0.2, 0.25) is 0 Å². The first-order valence-corrected chi connectivity index (χ1v) is 8.64. The standard InChI is InChI=1S/C14H16BrNO4S/c1-9(13(17)16-6-2-3-7-16)21(20)12-8-10(15)4-5-11(12)14(18)19/h4-5,8-9H,2-3,6-7H2,1H3,(H,18,19). The molecule has 1 heterocycles. The lowest BCUT2D eigenvalue weighted by Gasteiger charge is -2.20. The monoisotopic (exact) mass is 373 g/mol. The lowest BCUT2D eigenvalue weighted by Crippen LogP contribution is -2.38. The summed E-state index contributed by atoms with van der Waals surface area (Å²) in [6.45, 7) is 2.96. The van der Waals surface area contributed by atoms with Crippen LogP contribution in [-0.4, -0.2) is 44.4 Å². The predicted octanol–water partition coefficient (Wildman–Crippen LogP) is 2.27. The van der Waals surface area contributed by atoms with E-state index in [0.29, 0.717) is 17.6 Å². The number of amides is 1. The number of halogens is 1. The number of carboxylic acids is 1. The van der Waals surface area contributed by atoms with Gasteiger partial charge in [-0.25, -0.2) is 4.79 Å². The van der Waals surface area contributed by atoms with Crippen molar-refractivity contribution in [3.63, 3.8) is 0 Å². The van der Waals surface area contributed by atoms with E-state index in [2.05, 4.69) is 15.9 Å². The molecule has 114 valence electrons. The molecule has 0 bridgehead atoms. The van der Waals surface area contributed by atoms with Gasteiger partial charge in [-0.15, -0.1) is 0 Å². The van der Waals surface area contributed by atoms with E-state index in [1.165, 1.54) is 12.1 Å². The lowest BCUT2D eigenvalue weighted by atomic mass is 10.2. The quantitative estimate of drug-likeness (QED) is 0.878. The number of benzene rings is 1. The van der Waals surface area contributed by atoms with Crippen LogP contribution in [0.15, 0.2) is 27.6 Å². The molecule has 7 heteroatoms. The molecular weight excluding hydrogens is 358 g/mol. The number of hydrogen-bond donors (Lipinski definition) is 1. The Bertz CT molecular complexity index is 599. The minimum absolute atomic E-state index is 0.0300. The van der Waals surface area contributed by atoms with Gasteiger partial charge in [0.15, 0.2) is 0 Å². The summed E-state index contributed by atoms with van der Waals surface area (Å²) in [5, 5.41) is 8.44. The Hall–Kier alpha value is -1.21. The van der Waals surface area contributed by atoms with Crippen LogP contribution in [0.3, 0.4) is 0 Å². The molecule has 1 aromatic carbocycles. The molecule has 0 aliphatic carbocycles. The molecule has 0 spiro atoms. The molecule has 21 heavy (non-hydrogen) atoms. The molecule has 2 unspecified atom stereocenters. The number of carbonyl (C=O) groups excluding carboxylic acids is 1. The zero-order valence-corrected chi connectivity index (χ0v) is 13.9. The van der Waals surface area contributed by atoms with Crippen molar-refractivity contribution in [2.24, 2.45) is 0 Å². The summed E-state index contributed by atoms with van der Waals surface area (Å²) in [7, 11) is -1.70. The topological polar surface area (TPSA) is 74.7 Å². The number of likely N-dealkylation sites (tertiary alicyclic amines) is 1. The van der Waals surface area contributed by atoms with Gasteiger partial charge in [0.2, 0.25) is 5.91 Å². The molecule has 0 saturated carbocycles. The maximum Gasteiger partial charge on any atom is 0.336 e. The highest BCUT2D eigenvalue weighted by atomic mass is 79.9. The third-order valence-electron chi connectivity index (χ3n) is 3.48. The van der Waals surface area contributed by atoms with Crippen molar-refractivity contribution in [2.75, 3.05) is 13.1 Å². The van der Waals surface area contributed by atoms with Gasteiger partial charge in [-0.3, -0.25) is 9.00 Å². The van der Waals surface area contributed by atoms with Gasteiger partial charge in [-0.05, 0) is 38.0 Å². The summed E-state index contributed by atoms with van der Waals surface area (Å²) in [4.78, 5) is 25.4. The van der Waals surface area contributed by atoms with Crippen LogP contribution in [0.25, 0.3) is 0 Å². The molecule has 0 aromatic heterocycles. The SMILES string of the molecule is CC(C(=O)N1CCCC1)S(=O)c1cc(Br)ccc1C(=O)O. The molecule has 1 aliphatic rings. The zero-order chi connectivity index (χ0) is 15.6. The highest BCUT2D eigenvalue weighted by molar-refractivity contribution is 9.10. The second kappa shape index (κ2) is 6.70. The van der Waals surface area contributed by atoms with Crippen LogP contribution in [0.1, 0.15) is 30.1 Å². The number of hydrogen-bond acceptors (Lipinski definition) is 3. The Kier molecular flexibility index (Phi) is 5.16. The van der Waals surface area contributed by atoms with Crippen molar-refractivity contribution in [3.05, 3.63) is 28.2 Å². The summed E-state index contributed by atoms with van der Waals surface area (Å²) in [5.74, 6) is -1.33. The fourth-order valence-corrected chi connectivity index (χ4v) is 4.16. The molecule has 2 rings (SSSR count). The number of rotatable bonds is 4. The van der Waals surface area contributed by atoms with Crippen LogP contribution in [0, 0.1) is 0 Å².